The molecule has 18 heavy (non-hydrogen) atoms. The van der Waals surface area contributed by atoms with E-state index in [1.54, 1.807) is 0 Å². The summed E-state index contributed by atoms with van der Waals surface area (Å²) in [6, 6.07) is 8.86. The van der Waals surface area contributed by atoms with E-state index in [0.717, 1.165) is 5.92 Å². The zero-order chi connectivity index (χ0) is 13.2. The van der Waals surface area contributed by atoms with Gasteiger partial charge in [0.25, 0.3) is 0 Å². The lowest BCUT2D eigenvalue weighted by Gasteiger charge is -2.35. The maximum absolute atomic E-state index is 3.51. The van der Waals surface area contributed by atoms with Gasteiger partial charge in [0.1, 0.15) is 0 Å². The van der Waals surface area contributed by atoms with Gasteiger partial charge in [-0.3, -0.25) is 0 Å². The summed E-state index contributed by atoms with van der Waals surface area (Å²) in [4.78, 5) is 0. The van der Waals surface area contributed by atoms with E-state index in [4.69, 9.17) is 0 Å². The van der Waals surface area contributed by atoms with Gasteiger partial charge in [0.15, 0.2) is 0 Å². The van der Waals surface area contributed by atoms with Gasteiger partial charge in [0.05, 0.1) is 0 Å². The highest BCUT2D eigenvalue weighted by molar-refractivity contribution is 9.10. The molecule has 1 aromatic rings. The molecule has 1 atom stereocenters. The second kappa shape index (κ2) is 5.77. The van der Waals surface area contributed by atoms with Crippen molar-refractivity contribution in [1.82, 2.24) is 0 Å². The fraction of sp³-hybridized carbons (Fsp3) is 0.647. The summed E-state index contributed by atoms with van der Waals surface area (Å²) in [5.74, 6) is 1.64. The highest BCUT2D eigenvalue weighted by atomic mass is 79.9. The SMILES string of the molecule is C[C@H](CC1CCC(C)(C)CC1)c1ccc(Br)cc1. The number of halogens is 1. The van der Waals surface area contributed by atoms with Crippen molar-refractivity contribution < 1.29 is 0 Å². The Balaban J connectivity index is 1.88. The minimum absolute atomic E-state index is 0.595. The molecule has 100 valence electrons. The van der Waals surface area contributed by atoms with E-state index in [0.29, 0.717) is 11.3 Å². The minimum Gasteiger partial charge on any atom is -0.0599 e. The molecule has 1 aliphatic carbocycles. The highest BCUT2D eigenvalue weighted by Gasteiger charge is 2.27. The molecule has 0 N–H and O–H groups in total. The summed E-state index contributed by atoms with van der Waals surface area (Å²) in [5, 5.41) is 0. The van der Waals surface area contributed by atoms with Gasteiger partial charge in [-0.05, 0) is 67.1 Å². The van der Waals surface area contributed by atoms with E-state index < -0.39 is 0 Å². The van der Waals surface area contributed by atoms with Gasteiger partial charge in [-0.25, -0.2) is 0 Å². The Morgan fingerprint density at radius 2 is 1.72 bits per heavy atom. The summed E-state index contributed by atoms with van der Waals surface area (Å²) in [5.41, 5.74) is 2.08. The second-order valence-electron chi connectivity index (χ2n) is 6.80. The fourth-order valence-corrected chi connectivity index (χ4v) is 3.39. The third kappa shape index (κ3) is 3.85. The van der Waals surface area contributed by atoms with Crippen LogP contribution in [-0.4, -0.2) is 0 Å². The van der Waals surface area contributed by atoms with Gasteiger partial charge in [-0.15, -0.1) is 0 Å². The van der Waals surface area contributed by atoms with Crippen LogP contribution in [0.15, 0.2) is 28.7 Å². The lowest BCUT2D eigenvalue weighted by Crippen LogP contribution is -2.22. The molecule has 1 fully saturated rings. The third-order valence-corrected chi connectivity index (χ3v) is 5.11. The minimum atomic E-state index is 0.595. The maximum atomic E-state index is 3.51. The van der Waals surface area contributed by atoms with Crippen LogP contribution in [0.1, 0.15) is 64.4 Å². The Morgan fingerprint density at radius 3 is 2.28 bits per heavy atom. The number of hydrogen-bond donors (Lipinski definition) is 0. The van der Waals surface area contributed by atoms with Crippen LogP contribution in [0.25, 0.3) is 0 Å². The van der Waals surface area contributed by atoms with Gasteiger partial charge in [0.2, 0.25) is 0 Å². The van der Waals surface area contributed by atoms with Crippen LogP contribution < -0.4 is 0 Å². The average Bonchev–Trinajstić information content (AvgIpc) is 2.33. The quantitative estimate of drug-likeness (QED) is 0.627. The Labute approximate surface area is 120 Å². The largest absolute Gasteiger partial charge is 0.0599 e. The van der Waals surface area contributed by atoms with Crippen molar-refractivity contribution in [2.75, 3.05) is 0 Å². The monoisotopic (exact) mass is 308 g/mol. The van der Waals surface area contributed by atoms with E-state index in [9.17, 15) is 0 Å². The van der Waals surface area contributed by atoms with Crippen molar-refractivity contribution in [3.63, 3.8) is 0 Å². The fourth-order valence-electron chi connectivity index (χ4n) is 3.12. The predicted molar refractivity (Wildman–Crippen MR) is 82.9 cm³/mol. The summed E-state index contributed by atoms with van der Waals surface area (Å²) >= 11 is 3.51. The predicted octanol–water partition coefficient (Wildman–Crippen LogP) is 6.16. The molecule has 0 radical (unpaired) electrons. The zero-order valence-corrected chi connectivity index (χ0v) is 13.5. The molecular formula is C17H25Br. The average molecular weight is 309 g/mol. The second-order valence-corrected chi connectivity index (χ2v) is 7.71. The summed E-state index contributed by atoms with van der Waals surface area (Å²) in [6.07, 6.45) is 7.02. The molecule has 0 nitrogen and oxygen atoms in total. The normalized spacial score (nSPS) is 21.8. The molecule has 1 saturated carbocycles. The molecule has 1 heteroatoms. The summed E-state index contributed by atoms with van der Waals surface area (Å²) < 4.78 is 1.18. The highest BCUT2D eigenvalue weighted by Crippen LogP contribution is 2.41. The molecule has 1 aromatic carbocycles. The number of benzene rings is 1. The first-order chi connectivity index (χ1) is 8.46. The first kappa shape index (κ1) is 14.1. The van der Waals surface area contributed by atoms with Gasteiger partial charge >= 0.3 is 0 Å². The first-order valence-electron chi connectivity index (χ1n) is 7.22. The van der Waals surface area contributed by atoms with Crippen molar-refractivity contribution in [1.29, 1.82) is 0 Å². The standard InChI is InChI=1S/C17H25Br/c1-13(15-4-6-16(18)7-5-15)12-14-8-10-17(2,3)11-9-14/h4-7,13-14H,8-12H2,1-3H3/t13-/m1/s1. The molecule has 0 aliphatic heterocycles. The molecule has 0 amide bonds. The van der Waals surface area contributed by atoms with Crippen LogP contribution in [-0.2, 0) is 0 Å². The van der Waals surface area contributed by atoms with Crippen LogP contribution in [0, 0.1) is 11.3 Å². The lowest BCUT2D eigenvalue weighted by molar-refractivity contribution is 0.180. The molecular weight excluding hydrogens is 284 g/mol. The summed E-state index contributed by atoms with van der Waals surface area (Å²) in [6.45, 7) is 7.21. The van der Waals surface area contributed by atoms with Gasteiger partial charge < -0.3 is 0 Å². The Morgan fingerprint density at radius 1 is 1.17 bits per heavy atom. The molecule has 2 rings (SSSR count). The van der Waals surface area contributed by atoms with E-state index in [-0.39, 0.29) is 0 Å². The maximum Gasteiger partial charge on any atom is 0.0175 e. The van der Waals surface area contributed by atoms with Crippen molar-refractivity contribution in [2.45, 2.75) is 58.8 Å². The molecule has 0 unspecified atom stereocenters. The molecule has 0 spiro atoms. The Kier molecular flexibility index (Phi) is 4.53. The first-order valence-corrected chi connectivity index (χ1v) is 8.01. The van der Waals surface area contributed by atoms with E-state index >= 15 is 0 Å². The van der Waals surface area contributed by atoms with Crippen LogP contribution in [0.2, 0.25) is 0 Å². The number of hydrogen-bond acceptors (Lipinski definition) is 0. The molecule has 0 heterocycles. The Hall–Kier alpha value is -0.300. The van der Waals surface area contributed by atoms with Gasteiger partial charge in [-0.1, -0.05) is 48.8 Å². The molecule has 0 aromatic heterocycles. The Bertz CT molecular complexity index is 367. The zero-order valence-electron chi connectivity index (χ0n) is 11.9. The van der Waals surface area contributed by atoms with E-state index in [1.165, 1.54) is 42.1 Å². The van der Waals surface area contributed by atoms with Crippen LogP contribution in [0.4, 0.5) is 0 Å². The smallest absolute Gasteiger partial charge is 0.0175 e. The van der Waals surface area contributed by atoms with Crippen molar-refractivity contribution >= 4 is 15.9 Å². The number of rotatable bonds is 3. The van der Waals surface area contributed by atoms with Gasteiger partial charge in [-0.2, -0.15) is 0 Å². The van der Waals surface area contributed by atoms with E-state index in [1.807, 2.05) is 0 Å². The molecule has 1 aliphatic rings. The molecule has 0 saturated heterocycles. The van der Waals surface area contributed by atoms with Crippen molar-refractivity contribution in [2.24, 2.45) is 11.3 Å². The third-order valence-electron chi connectivity index (χ3n) is 4.58. The van der Waals surface area contributed by atoms with Gasteiger partial charge in [0, 0.05) is 4.47 Å². The van der Waals surface area contributed by atoms with Crippen molar-refractivity contribution in [3.05, 3.63) is 34.3 Å². The molecule has 0 bridgehead atoms. The summed E-state index contributed by atoms with van der Waals surface area (Å²) in [7, 11) is 0. The van der Waals surface area contributed by atoms with Crippen molar-refractivity contribution in [3.8, 4) is 0 Å². The lowest BCUT2D eigenvalue weighted by atomic mass is 9.71. The van der Waals surface area contributed by atoms with Crippen LogP contribution in [0.3, 0.4) is 0 Å². The van der Waals surface area contributed by atoms with E-state index in [2.05, 4.69) is 61.0 Å². The topological polar surface area (TPSA) is 0 Å². The van der Waals surface area contributed by atoms with Crippen LogP contribution in [0.5, 0.6) is 0 Å². The van der Waals surface area contributed by atoms with Crippen LogP contribution >= 0.6 is 15.9 Å².